The molecule has 1 aromatic carbocycles. The fraction of sp³-hybridized carbons (Fsp3) is 0.400. The van der Waals surface area contributed by atoms with Gasteiger partial charge in [-0.3, -0.25) is 4.90 Å². The van der Waals surface area contributed by atoms with Crippen LogP contribution in [-0.4, -0.2) is 40.8 Å². The Morgan fingerprint density at radius 1 is 1.30 bits per heavy atom. The summed E-state index contributed by atoms with van der Waals surface area (Å²) in [5.74, 6) is 1.09. The van der Waals surface area contributed by atoms with Crippen molar-refractivity contribution in [2.45, 2.75) is 13.1 Å². The summed E-state index contributed by atoms with van der Waals surface area (Å²) in [6.07, 6.45) is 0. The molecule has 106 valence electrons. The highest BCUT2D eigenvalue weighted by molar-refractivity contribution is 9.11. The van der Waals surface area contributed by atoms with Crippen molar-refractivity contribution >= 4 is 27.0 Å². The second kappa shape index (κ2) is 6.08. The Balaban J connectivity index is 1.93. The predicted octanol–water partition coefficient (Wildman–Crippen LogP) is 2.78. The van der Waals surface area contributed by atoms with E-state index in [2.05, 4.69) is 50.2 Å². The number of allylic oxidation sites excluding steroid dienone is 1. The van der Waals surface area contributed by atoms with Gasteiger partial charge in [0.05, 0.1) is 37.3 Å². The number of ether oxygens (including phenoxy) is 1. The summed E-state index contributed by atoms with van der Waals surface area (Å²) in [6, 6.07) is 8.25. The minimum atomic E-state index is 0.750. The lowest BCUT2D eigenvalue weighted by molar-refractivity contribution is 0.0327. The van der Waals surface area contributed by atoms with Gasteiger partial charge >= 0.3 is 0 Å². The van der Waals surface area contributed by atoms with Crippen molar-refractivity contribution in [3.8, 4) is 0 Å². The van der Waals surface area contributed by atoms with Crippen LogP contribution >= 0.6 is 15.9 Å². The van der Waals surface area contributed by atoms with Crippen molar-refractivity contribution in [3.05, 3.63) is 41.2 Å². The highest BCUT2D eigenvalue weighted by Gasteiger charge is 2.16. The Kier molecular flexibility index (Phi) is 4.19. The molecular weight excluding hydrogens is 318 g/mol. The number of hydrogen-bond donors (Lipinski definition) is 0. The number of nitrogens with zero attached hydrogens (tertiary/aromatic N) is 3. The number of aromatic nitrogens is 2. The molecule has 1 aliphatic heterocycles. The quantitative estimate of drug-likeness (QED) is 0.860. The first-order chi connectivity index (χ1) is 9.74. The van der Waals surface area contributed by atoms with Crippen molar-refractivity contribution in [3.63, 3.8) is 0 Å². The monoisotopic (exact) mass is 335 g/mol. The van der Waals surface area contributed by atoms with E-state index in [1.165, 1.54) is 0 Å². The predicted molar refractivity (Wildman–Crippen MR) is 83.9 cm³/mol. The van der Waals surface area contributed by atoms with Crippen molar-refractivity contribution in [2.24, 2.45) is 0 Å². The number of rotatable bonds is 4. The van der Waals surface area contributed by atoms with E-state index in [1.807, 2.05) is 6.07 Å². The molecule has 2 heterocycles. The molecule has 4 nitrogen and oxygen atoms in total. The van der Waals surface area contributed by atoms with Gasteiger partial charge in [0, 0.05) is 17.6 Å². The molecule has 0 atom stereocenters. The van der Waals surface area contributed by atoms with Crippen LogP contribution in [0.1, 0.15) is 5.82 Å². The van der Waals surface area contributed by atoms with Gasteiger partial charge in [0.1, 0.15) is 5.82 Å². The maximum atomic E-state index is 5.40. The smallest absolute Gasteiger partial charge is 0.124 e. The molecule has 0 saturated carbocycles. The lowest BCUT2D eigenvalue weighted by Crippen LogP contribution is -2.36. The highest BCUT2D eigenvalue weighted by Crippen LogP contribution is 2.20. The maximum Gasteiger partial charge on any atom is 0.124 e. The molecule has 1 saturated heterocycles. The first-order valence-electron chi connectivity index (χ1n) is 6.81. The minimum absolute atomic E-state index is 0.750. The van der Waals surface area contributed by atoms with E-state index in [1.54, 1.807) is 0 Å². The van der Waals surface area contributed by atoms with Crippen LogP contribution in [0.4, 0.5) is 0 Å². The van der Waals surface area contributed by atoms with Crippen molar-refractivity contribution in [2.75, 3.05) is 26.3 Å². The standard InChI is InChI=1S/C15H18BrN3O/c1-12(16)10-19-14-5-3-2-4-13(14)17-15(19)11-18-6-8-20-9-7-18/h2-5H,1,6-11H2. The molecule has 0 bridgehead atoms. The number of halogens is 1. The van der Waals surface area contributed by atoms with E-state index in [0.717, 1.165) is 60.7 Å². The molecule has 1 aliphatic rings. The van der Waals surface area contributed by atoms with Crippen molar-refractivity contribution in [1.29, 1.82) is 0 Å². The van der Waals surface area contributed by atoms with Gasteiger partial charge in [0.15, 0.2) is 0 Å². The van der Waals surface area contributed by atoms with Gasteiger partial charge in [-0.25, -0.2) is 4.98 Å². The number of para-hydroxylation sites is 2. The van der Waals surface area contributed by atoms with Crippen LogP contribution in [-0.2, 0) is 17.8 Å². The third-order valence-corrected chi connectivity index (χ3v) is 3.78. The van der Waals surface area contributed by atoms with Crippen molar-refractivity contribution < 1.29 is 4.74 Å². The van der Waals surface area contributed by atoms with Crippen LogP contribution in [0.25, 0.3) is 11.0 Å². The zero-order valence-electron chi connectivity index (χ0n) is 11.4. The van der Waals surface area contributed by atoms with E-state index in [4.69, 9.17) is 9.72 Å². The molecule has 2 aromatic rings. The Morgan fingerprint density at radius 3 is 2.80 bits per heavy atom. The fourth-order valence-electron chi connectivity index (χ4n) is 2.55. The van der Waals surface area contributed by atoms with E-state index in [9.17, 15) is 0 Å². The zero-order chi connectivity index (χ0) is 13.9. The summed E-state index contributed by atoms with van der Waals surface area (Å²) in [6.45, 7) is 9.13. The van der Waals surface area contributed by atoms with Crippen LogP contribution < -0.4 is 0 Å². The van der Waals surface area contributed by atoms with Crippen molar-refractivity contribution in [1.82, 2.24) is 14.5 Å². The SMILES string of the molecule is C=C(Br)Cn1c(CN2CCOCC2)nc2ccccc21. The summed E-state index contributed by atoms with van der Waals surface area (Å²) in [5.41, 5.74) is 2.21. The van der Waals surface area contributed by atoms with Crippen LogP contribution in [0.2, 0.25) is 0 Å². The van der Waals surface area contributed by atoms with Gasteiger partial charge in [-0.05, 0) is 12.1 Å². The van der Waals surface area contributed by atoms with E-state index in [0.29, 0.717) is 0 Å². The molecule has 0 aliphatic carbocycles. The van der Waals surface area contributed by atoms with Gasteiger partial charge in [0.25, 0.3) is 0 Å². The Morgan fingerprint density at radius 2 is 2.05 bits per heavy atom. The Labute approximate surface area is 127 Å². The topological polar surface area (TPSA) is 30.3 Å². The maximum absolute atomic E-state index is 5.40. The summed E-state index contributed by atoms with van der Waals surface area (Å²) < 4.78 is 8.60. The highest BCUT2D eigenvalue weighted by atomic mass is 79.9. The number of imidazole rings is 1. The molecule has 1 aromatic heterocycles. The fourth-order valence-corrected chi connectivity index (χ4v) is 2.80. The largest absolute Gasteiger partial charge is 0.379 e. The molecular formula is C15H18BrN3O. The normalized spacial score (nSPS) is 16.6. The summed E-state index contributed by atoms with van der Waals surface area (Å²) >= 11 is 3.46. The molecule has 3 rings (SSSR count). The third-order valence-electron chi connectivity index (χ3n) is 3.53. The Hall–Kier alpha value is -1.17. The molecule has 20 heavy (non-hydrogen) atoms. The van der Waals surface area contributed by atoms with Crippen LogP contribution in [0.15, 0.2) is 35.3 Å². The number of benzene rings is 1. The van der Waals surface area contributed by atoms with Gasteiger partial charge in [-0.15, -0.1) is 0 Å². The van der Waals surface area contributed by atoms with Crippen LogP contribution in [0, 0.1) is 0 Å². The first-order valence-corrected chi connectivity index (χ1v) is 7.61. The molecule has 5 heteroatoms. The number of fused-ring (bicyclic) bond motifs is 1. The van der Waals surface area contributed by atoms with E-state index < -0.39 is 0 Å². The minimum Gasteiger partial charge on any atom is -0.379 e. The first kappa shape index (κ1) is 13.8. The Bertz CT molecular complexity index is 617. The van der Waals surface area contributed by atoms with Crippen LogP contribution in [0.5, 0.6) is 0 Å². The average molecular weight is 336 g/mol. The lowest BCUT2D eigenvalue weighted by Gasteiger charge is -2.26. The second-order valence-corrected chi connectivity index (χ2v) is 6.13. The third kappa shape index (κ3) is 2.95. The van der Waals surface area contributed by atoms with Gasteiger partial charge in [0.2, 0.25) is 0 Å². The molecule has 0 radical (unpaired) electrons. The summed E-state index contributed by atoms with van der Waals surface area (Å²) in [7, 11) is 0. The van der Waals surface area contributed by atoms with Gasteiger partial charge in [-0.1, -0.05) is 34.6 Å². The molecule has 0 N–H and O–H groups in total. The number of hydrogen-bond acceptors (Lipinski definition) is 3. The molecule has 1 fully saturated rings. The molecule has 0 unspecified atom stereocenters. The molecule has 0 spiro atoms. The van der Waals surface area contributed by atoms with Gasteiger partial charge < -0.3 is 9.30 Å². The second-order valence-electron chi connectivity index (χ2n) is 5.01. The average Bonchev–Trinajstić information content (AvgIpc) is 2.78. The van der Waals surface area contributed by atoms with E-state index in [-0.39, 0.29) is 0 Å². The van der Waals surface area contributed by atoms with Crippen LogP contribution in [0.3, 0.4) is 0 Å². The van der Waals surface area contributed by atoms with E-state index >= 15 is 0 Å². The number of morpholine rings is 1. The molecule has 0 amide bonds. The summed E-state index contributed by atoms with van der Waals surface area (Å²) in [4.78, 5) is 7.17. The van der Waals surface area contributed by atoms with Gasteiger partial charge in [-0.2, -0.15) is 0 Å². The lowest BCUT2D eigenvalue weighted by atomic mass is 10.3. The zero-order valence-corrected chi connectivity index (χ0v) is 13.0. The summed E-state index contributed by atoms with van der Waals surface area (Å²) in [5, 5.41) is 0.